The molecule has 0 heterocycles. The van der Waals surface area contributed by atoms with E-state index in [0.29, 0.717) is 0 Å². The number of hydrogen-bond acceptors (Lipinski definition) is 2. The van der Waals surface area contributed by atoms with Crippen molar-refractivity contribution in [2.45, 2.75) is 44.7 Å². The Morgan fingerprint density at radius 3 is 2.11 bits per heavy atom. The van der Waals surface area contributed by atoms with Crippen LogP contribution in [-0.2, 0) is 9.13 Å². The standard InChI is InChI=1S/C10H22O6P2/c1-2-3-4-5-6-7-8-10(18(14,15)16)9-17(11,12)13/h6-7,10H,2-5,8-9H2,1H3,(H2,11,12,13)(H2,14,15,16)/b7-6+. The molecule has 0 bridgehead atoms. The first-order valence-corrected chi connectivity index (χ1v) is 9.39. The predicted octanol–water partition coefficient (Wildman–Crippen LogP) is 2.24. The van der Waals surface area contributed by atoms with Crippen LogP contribution in [0.25, 0.3) is 0 Å². The third-order valence-corrected chi connectivity index (χ3v) is 5.02. The summed E-state index contributed by atoms with van der Waals surface area (Å²) in [6.07, 6.45) is 6.61. The van der Waals surface area contributed by atoms with Gasteiger partial charge in [-0.2, -0.15) is 0 Å². The van der Waals surface area contributed by atoms with Crippen LogP contribution in [0.2, 0.25) is 0 Å². The van der Waals surface area contributed by atoms with Gasteiger partial charge in [-0.15, -0.1) is 0 Å². The Labute approximate surface area is 107 Å². The van der Waals surface area contributed by atoms with Crippen LogP contribution in [0.15, 0.2) is 12.2 Å². The monoisotopic (exact) mass is 300 g/mol. The molecule has 4 N–H and O–H groups in total. The molecule has 0 aromatic heterocycles. The SMILES string of the molecule is CCCCC/C=C/CC(CP(=O)(O)O)P(=O)(O)O. The molecule has 0 fully saturated rings. The van der Waals surface area contributed by atoms with E-state index in [1.165, 1.54) is 0 Å². The van der Waals surface area contributed by atoms with Crippen molar-refractivity contribution in [2.24, 2.45) is 0 Å². The van der Waals surface area contributed by atoms with Crippen molar-refractivity contribution >= 4 is 15.2 Å². The zero-order valence-electron chi connectivity index (χ0n) is 10.5. The van der Waals surface area contributed by atoms with E-state index in [9.17, 15) is 9.13 Å². The first kappa shape index (κ1) is 18.0. The molecule has 0 aliphatic rings. The Bertz CT molecular complexity index is 342. The van der Waals surface area contributed by atoms with Gasteiger partial charge in [-0.1, -0.05) is 31.9 Å². The summed E-state index contributed by atoms with van der Waals surface area (Å²) in [6, 6.07) is 0. The maximum atomic E-state index is 11.1. The van der Waals surface area contributed by atoms with Crippen LogP contribution >= 0.6 is 15.2 Å². The fraction of sp³-hybridized carbons (Fsp3) is 0.800. The lowest BCUT2D eigenvalue weighted by Crippen LogP contribution is -2.13. The molecule has 8 heteroatoms. The van der Waals surface area contributed by atoms with Crippen LogP contribution in [0.5, 0.6) is 0 Å². The van der Waals surface area contributed by atoms with E-state index < -0.39 is 27.0 Å². The molecule has 0 saturated heterocycles. The molecule has 0 amide bonds. The van der Waals surface area contributed by atoms with E-state index in [0.717, 1.165) is 25.7 Å². The van der Waals surface area contributed by atoms with Crippen molar-refractivity contribution < 1.29 is 28.7 Å². The highest BCUT2D eigenvalue weighted by Crippen LogP contribution is 2.50. The molecule has 1 atom stereocenters. The highest BCUT2D eigenvalue weighted by atomic mass is 31.2. The average Bonchev–Trinajstić information content (AvgIpc) is 2.18. The van der Waals surface area contributed by atoms with Crippen molar-refractivity contribution in [1.29, 1.82) is 0 Å². The molecular formula is C10H22O6P2. The second kappa shape index (κ2) is 8.26. The summed E-state index contributed by atoms with van der Waals surface area (Å²) in [7, 11) is -8.89. The minimum absolute atomic E-state index is 0.0124. The fourth-order valence-corrected chi connectivity index (χ4v) is 4.06. The van der Waals surface area contributed by atoms with E-state index in [-0.39, 0.29) is 6.42 Å². The summed E-state index contributed by atoms with van der Waals surface area (Å²) in [5.41, 5.74) is -1.30. The largest absolute Gasteiger partial charge is 0.329 e. The summed E-state index contributed by atoms with van der Waals surface area (Å²) < 4.78 is 21.9. The topological polar surface area (TPSA) is 115 Å². The van der Waals surface area contributed by atoms with Crippen LogP contribution in [0.3, 0.4) is 0 Å². The zero-order chi connectivity index (χ0) is 14.2. The molecule has 6 nitrogen and oxygen atoms in total. The number of allylic oxidation sites excluding steroid dienone is 2. The zero-order valence-corrected chi connectivity index (χ0v) is 12.3. The Balaban J connectivity index is 4.27. The lowest BCUT2D eigenvalue weighted by molar-refractivity contribution is 0.346. The summed E-state index contributed by atoms with van der Waals surface area (Å²) in [4.78, 5) is 35.6. The molecule has 0 aliphatic heterocycles. The van der Waals surface area contributed by atoms with Crippen LogP contribution in [0.4, 0.5) is 0 Å². The van der Waals surface area contributed by atoms with Gasteiger partial charge in [-0.3, -0.25) is 9.13 Å². The van der Waals surface area contributed by atoms with Gasteiger partial charge in [0.15, 0.2) is 0 Å². The molecule has 0 aromatic rings. The van der Waals surface area contributed by atoms with Gasteiger partial charge in [0, 0.05) is 0 Å². The lowest BCUT2D eigenvalue weighted by atomic mass is 10.2. The molecule has 0 aromatic carbocycles. The summed E-state index contributed by atoms with van der Waals surface area (Å²) in [5, 5.41) is 0. The molecule has 18 heavy (non-hydrogen) atoms. The minimum atomic E-state index is -4.48. The molecule has 0 aliphatic carbocycles. The Morgan fingerprint density at radius 2 is 1.67 bits per heavy atom. The molecule has 108 valence electrons. The smallest absolute Gasteiger partial charge is 0.324 e. The Morgan fingerprint density at radius 1 is 1.06 bits per heavy atom. The molecule has 0 radical (unpaired) electrons. The van der Waals surface area contributed by atoms with Crippen molar-refractivity contribution in [3.63, 3.8) is 0 Å². The van der Waals surface area contributed by atoms with Crippen LogP contribution in [0, 0.1) is 0 Å². The summed E-state index contributed by atoms with van der Waals surface area (Å²) in [5.74, 6) is 0. The lowest BCUT2D eigenvalue weighted by Gasteiger charge is -2.17. The third-order valence-electron chi connectivity index (χ3n) is 2.47. The van der Waals surface area contributed by atoms with Gasteiger partial charge < -0.3 is 19.6 Å². The highest BCUT2D eigenvalue weighted by Gasteiger charge is 2.33. The molecular weight excluding hydrogens is 278 g/mol. The summed E-state index contributed by atoms with van der Waals surface area (Å²) >= 11 is 0. The quantitative estimate of drug-likeness (QED) is 0.295. The predicted molar refractivity (Wildman–Crippen MR) is 70.6 cm³/mol. The van der Waals surface area contributed by atoms with Gasteiger partial charge in [0.25, 0.3) is 0 Å². The highest BCUT2D eigenvalue weighted by molar-refractivity contribution is 7.56. The first-order valence-electron chi connectivity index (χ1n) is 5.91. The number of hydrogen-bond donors (Lipinski definition) is 4. The van der Waals surface area contributed by atoms with Crippen molar-refractivity contribution in [2.75, 3.05) is 6.16 Å². The molecule has 0 rings (SSSR count). The second-order valence-corrected chi connectivity index (χ2v) is 7.90. The molecule has 0 saturated carbocycles. The van der Waals surface area contributed by atoms with Gasteiger partial charge in [0.05, 0.1) is 11.8 Å². The maximum absolute atomic E-state index is 11.1. The van der Waals surface area contributed by atoms with Crippen LogP contribution in [0.1, 0.15) is 39.0 Å². The second-order valence-electron chi connectivity index (χ2n) is 4.29. The Hall–Kier alpha value is 0.0400. The molecule has 0 spiro atoms. The normalized spacial score (nSPS) is 15.2. The van der Waals surface area contributed by atoms with E-state index in [1.54, 1.807) is 12.2 Å². The van der Waals surface area contributed by atoms with E-state index in [1.807, 2.05) is 0 Å². The number of rotatable bonds is 9. The van der Waals surface area contributed by atoms with Gasteiger partial charge in [-0.05, 0) is 19.3 Å². The summed E-state index contributed by atoms with van der Waals surface area (Å²) in [6.45, 7) is 2.08. The van der Waals surface area contributed by atoms with Crippen LogP contribution < -0.4 is 0 Å². The van der Waals surface area contributed by atoms with Crippen molar-refractivity contribution in [3.05, 3.63) is 12.2 Å². The van der Waals surface area contributed by atoms with E-state index in [4.69, 9.17) is 19.6 Å². The average molecular weight is 300 g/mol. The van der Waals surface area contributed by atoms with Crippen molar-refractivity contribution in [1.82, 2.24) is 0 Å². The fourth-order valence-electron chi connectivity index (χ4n) is 1.48. The van der Waals surface area contributed by atoms with Gasteiger partial charge in [-0.25, -0.2) is 0 Å². The van der Waals surface area contributed by atoms with Gasteiger partial charge in [0.1, 0.15) is 0 Å². The Kier molecular flexibility index (Phi) is 8.28. The minimum Gasteiger partial charge on any atom is -0.324 e. The van der Waals surface area contributed by atoms with Gasteiger partial charge in [0.2, 0.25) is 0 Å². The molecule has 1 unspecified atom stereocenters. The number of unbranched alkanes of at least 4 members (excludes halogenated alkanes) is 3. The van der Waals surface area contributed by atoms with E-state index in [2.05, 4.69) is 6.92 Å². The van der Waals surface area contributed by atoms with Crippen LogP contribution in [-0.4, -0.2) is 31.4 Å². The maximum Gasteiger partial charge on any atom is 0.329 e. The third kappa shape index (κ3) is 10.0. The first-order chi connectivity index (χ1) is 8.17. The van der Waals surface area contributed by atoms with Crippen molar-refractivity contribution in [3.8, 4) is 0 Å². The van der Waals surface area contributed by atoms with E-state index >= 15 is 0 Å². The van der Waals surface area contributed by atoms with Gasteiger partial charge >= 0.3 is 15.2 Å².